The Bertz CT molecular complexity index is 1040. The predicted molar refractivity (Wildman–Crippen MR) is 114 cm³/mol. The van der Waals surface area contributed by atoms with E-state index in [1.54, 1.807) is 32.4 Å². The minimum absolute atomic E-state index is 0.0495. The Morgan fingerprint density at radius 2 is 1.57 bits per heavy atom. The number of Topliss-reactive ketones (excluding diaryl/α,β-unsaturated/α-hetero) is 1. The molecule has 0 saturated heterocycles. The van der Waals surface area contributed by atoms with Crippen LogP contribution in [0.15, 0.2) is 47.5 Å². The van der Waals surface area contributed by atoms with Crippen LogP contribution in [0.5, 0.6) is 17.2 Å². The molecule has 0 N–H and O–H groups in total. The molecular weight excluding hydrogens is 386 g/mol. The van der Waals surface area contributed by atoms with E-state index in [1.807, 2.05) is 18.2 Å². The van der Waals surface area contributed by atoms with Gasteiger partial charge < -0.3 is 14.2 Å². The molecular formula is C23H23NO6. The lowest BCUT2D eigenvalue weighted by atomic mass is 9.86. The summed E-state index contributed by atoms with van der Waals surface area (Å²) in [6, 6.07) is 9.88. The fourth-order valence-electron chi connectivity index (χ4n) is 3.51. The van der Waals surface area contributed by atoms with Crippen molar-refractivity contribution in [1.82, 2.24) is 0 Å². The van der Waals surface area contributed by atoms with Crippen LogP contribution in [-0.4, -0.2) is 32.0 Å². The number of methoxy groups -OCH3 is 3. The number of non-ortho nitro benzene ring substituents is 1. The van der Waals surface area contributed by atoms with Crippen molar-refractivity contribution in [2.24, 2.45) is 0 Å². The zero-order chi connectivity index (χ0) is 21.7. The first kappa shape index (κ1) is 21.1. The fourth-order valence-corrected chi connectivity index (χ4v) is 3.51. The second kappa shape index (κ2) is 9.26. The summed E-state index contributed by atoms with van der Waals surface area (Å²) in [5.74, 6) is 1.48. The minimum atomic E-state index is -0.479. The second-order valence-corrected chi connectivity index (χ2v) is 6.79. The summed E-state index contributed by atoms with van der Waals surface area (Å²) in [6.45, 7) is 0. The maximum atomic E-state index is 13.1. The topological polar surface area (TPSA) is 87.9 Å². The highest BCUT2D eigenvalue weighted by atomic mass is 16.6. The number of carbonyl (C=O) groups is 1. The molecule has 30 heavy (non-hydrogen) atoms. The number of allylic oxidation sites excluding steroid dienone is 2. The predicted octanol–water partition coefficient (Wildman–Crippen LogP) is 4.84. The first-order valence-electron chi connectivity index (χ1n) is 9.47. The number of nitrogens with zero attached hydrogens (tertiary/aromatic N) is 1. The van der Waals surface area contributed by atoms with Gasteiger partial charge in [0.2, 0.25) is 0 Å². The molecule has 1 fully saturated rings. The molecule has 0 aliphatic heterocycles. The summed E-state index contributed by atoms with van der Waals surface area (Å²) >= 11 is 0. The van der Waals surface area contributed by atoms with Gasteiger partial charge in [-0.05, 0) is 43.5 Å². The first-order chi connectivity index (χ1) is 14.5. The van der Waals surface area contributed by atoms with Crippen LogP contribution in [-0.2, 0) is 4.79 Å². The van der Waals surface area contributed by atoms with Gasteiger partial charge in [0.15, 0.2) is 17.3 Å². The quantitative estimate of drug-likeness (QED) is 0.385. The van der Waals surface area contributed by atoms with Crippen LogP contribution in [0.3, 0.4) is 0 Å². The number of rotatable bonds is 6. The Kier molecular flexibility index (Phi) is 6.51. The van der Waals surface area contributed by atoms with Gasteiger partial charge >= 0.3 is 0 Å². The van der Waals surface area contributed by atoms with Crippen LogP contribution in [0.4, 0.5) is 5.69 Å². The van der Waals surface area contributed by atoms with Crippen molar-refractivity contribution in [3.8, 4) is 17.2 Å². The number of carbonyl (C=O) groups excluding carboxylic acids is 1. The van der Waals surface area contributed by atoms with Crippen LogP contribution in [0.2, 0.25) is 0 Å². The number of nitro groups is 1. The van der Waals surface area contributed by atoms with E-state index < -0.39 is 4.92 Å². The molecule has 1 aliphatic rings. The summed E-state index contributed by atoms with van der Waals surface area (Å²) in [6.07, 6.45) is 5.70. The van der Waals surface area contributed by atoms with Gasteiger partial charge in [-0.25, -0.2) is 0 Å². The van der Waals surface area contributed by atoms with E-state index in [1.165, 1.54) is 19.2 Å². The average Bonchev–Trinajstić information content (AvgIpc) is 2.76. The molecule has 0 amide bonds. The monoisotopic (exact) mass is 409 g/mol. The van der Waals surface area contributed by atoms with E-state index in [0.29, 0.717) is 46.8 Å². The van der Waals surface area contributed by atoms with Gasteiger partial charge in [-0.1, -0.05) is 12.1 Å². The average molecular weight is 409 g/mol. The van der Waals surface area contributed by atoms with Gasteiger partial charge in [-0.3, -0.25) is 14.9 Å². The molecule has 7 heteroatoms. The molecule has 0 bridgehead atoms. The third kappa shape index (κ3) is 4.35. The van der Waals surface area contributed by atoms with Crippen LogP contribution < -0.4 is 14.2 Å². The van der Waals surface area contributed by atoms with Crippen molar-refractivity contribution in [2.45, 2.75) is 19.3 Å². The molecule has 0 heterocycles. The van der Waals surface area contributed by atoms with Gasteiger partial charge in [0.1, 0.15) is 5.75 Å². The van der Waals surface area contributed by atoms with Gasteiger partial charge in [0.05, 0.1) is 32.3 Å². The Morgan fingerprint density at radius 3 is 2.17 bits per heavy atom. The lowest BCUT2D eigenvalue weighted by Gasteiger charge is -2.18. The number of hydrogen-bond donors (Lipinski definition) is 0. The summed E-state index contributed by atoms with van der Waals surface area (Å²) in [7, 11) is 4.58. The van der Waals surface area contributed by atoms with E-state index in [0.717, 1.165) is 12.0 Å². The number of hydrogen-bond acceptors (Lipinski definition) is 6. The molecule has 156 valence electrons. The number of nitro benzene ring substituents is 1. The summed E-state index contributed by atoms with van der Waals surface area (Å²) in [5.41, 5.74) is 2.66. The van der Waals surface area contributed by atoms with E-state index in [9.17, 15) is 14.9 Å². The highest BCUT2D eigenvalue weighted by molar-refractivity contribution is 6.14. The zero-order valence-corrected chi connectivity index (χ0v) is 17.1. The van der Waals surface area contributed by atoms with Crippen molar-refractivity contribution in [2.75, 3.05) is 21.3 Å². The summed E-state index contributed by atoms with van der Waals surface area (Å²) in [5, 5.41) is 11.0. The van der Waals surface area contributed by atoms with Crippen LogP contribution in [0, 0.1) is 10.1 Å². The Morgan fingerprint density at radius 1 is 0.900 bits per heavy atom. The molecule has 2 aromatic rings. The maximum absolute atomic E-state index is 13.1. The van der Waals surface area contributed by atoms with Crippen molar-refractivity contribution < 1.29 is 23.9 Å². The van der Waals surface area contributed by atoms with Gasteiger partial charge in [0, 0.05) is 28.3 Å². The van der Waals surface area contributed by atoms with Gasteiger partial charge in [0.25, 0.3) is 5.69 Å². The fraction of sp³-hybridized carbons (Fsp3) is 0.261. The van der Waals surface area contributed by atoms with Crippen molar-refractivity contribution in [3.63, 3.8) is 0 Å². The number of benzene rings is 2. The smallest absolute Gasteiger partial charge is 0.273 e. The highest BCUT2D eigenvalue weighted by Gasteiger charge is 2.22. The standard InChI is InChI=1S/C23H23NO6/c1-28-20-9-5-8-18(23(20)30-3)13-17-7-4-6-16(22(17)25)12-15-10-11-19(24(26)27)14-21(15)29-2/h5,8-14H,4,6-7H2,1-3H3/b16-12+,17-13+. The van der Waals surface area contributed by atoms with Crippen LogP contribution >= 0.6 is 0 Å². The molecule has 1 aliphatic carbocycles. The van der Waals surface area contributed by atoms with E-state index in [4.69, 9.17) is 14.2 Å². The van der Waals surface area contributed by atoms with Crippen molar-refractivity contribution in [3.05, 3.63) is 68.8 Å². The third-order valence-corrected chi connectivity index (χ3v) is 5.00. The van der Waals surface area contributed by atoms with E-state index in [-0.39, 0.29) is 11.5 Å². The molecule has 0 spiro atoms. The zero-order valence-electron chi connectivity index (χ0n) is 17.1. The Labute approximate surface area is 174 Å². The number of para-hydroxylation sites is 1. The number of ether oxygens (including phenoxy) is 3. The maximum Gasteiger partial charge on any atom is 0.273 e. The van der Waals surface area contributed by atoms with Crippen molar-refractivity contribution >= 4 is 23.6 Å². The molecule has 1 saturated carbocycles. The molecule has 0 radical (unpaired) electrons. The highest BCUT2D eigenvalue weighted by Crippen LogP contribution is 2.35. The first-order valence-corrected chi connectivity index (χ1v) is 9.47. The van der Waals surface area contributed by atoms with Gasteiger partial charge in [-0.15, -0.1) is 0 Å². The number of ketones is 1. The molecule has 0 aromatic heterocycles. The molecule has 0 unspecified atom stereocenters. The molecule has 7 nitrogen and oxygen atoms in total. The van der Waals surface area contributed by atoms with Crippen LogP contribution in [0.25, 0.3) is 12.2 Å². The van der Waals surface area contributed by atoms with E-state index in [2.05, 4.69) is 0 Å². The lowest BCUT2D eigenvalue weighted by molar-refractivity contribution is -0.384. The van der Waals surface area contributed by atoms with E-state index >= 15 is 0 Å². The summed E-state index contributed by atoms with van der Waals surface area (Å²) < 4.78 is 16.1. The second-order valence-electron chi connectivity index (χ2n) is 6.79. The summed E-state index contributed by atoms with van der Waals surface area (Å²) in [4.78, 5) is 23.6. The largest absolute Gasteiger partial charge is 0.496 e. The minimum Gasteiger partial charge on any atom is -0.496 e. The molecule has 0 atom stereocenters. The normalized spacial score (nSPS) is 16.6. The van der Waals surface area contributed by atoms with Gasteiger partial charge in [-0.2, -0.15) is 0 Å². The third-order valence-electron chi connectivity index (χ3n) is 5.00. The Balaban J connectivity index is 1.97. The van der Waals surface area contributed by atoms with Crippen LogP contribution in [0.1, 0.15) is 30.4 Å². The lowest BCUT2D eigenvalue weighted by Crippen LogP contribution is -2.12. The molecule has 3 rings (SSSR count). The molecule has 2 aromatic carbocycles. The van der Waals surface area contributed by atoms with Crippen molar-refractivity contribution in [1.29, 1.82) is 0 Å². The SMILES string of the molecule is COc1cc([N+](=O)[O-])ccc1/C=C1\CCC/C(=C\c2cccc(OC)c2OC)C1=O. The Hall–Kier alpha value is -3.61.